The highest BCUT2D eigenvalue weighted by Crippen LogP contribution is 2.32. The number of amides is 1. The number of methoxy groups -OCH3 is 1. The molecule has 1 aromatic heterocycles. The smallest absolute Gasteiger partial charge is 0.260 e. The van der Waals surface area contributed by atoms with E-state index in [0.717, 1.165) is 46.6 Å². The number of aromatic nitrogens is 2. The van der Waals surface area contributed by atoms with E-state index in [-0.39, 0.29) is 12.5 Å². The minimum atomic E-state index is -0.00129. The van der Waals surface area contributed by atoms with Crippen molar-refractivity contribution in [1.82, 2.24) is 15.1 Å². The standard InChI is InChI=1S/C33H31N5O3/c1-40-27-15-11-24(12-16-27)32-29-9-5-6-10-30(29)33(36-35-32)34-25-13-17-28(18-14-25)41-23-31(39)38-21-19-37(20-22-38)26-7-3-2-4-8-26/h2-18H,19-23H2,1H3,(H,34,36). The van der Waals surface area contributed by atoms with Gasteiger partial charge in [-0.25, -0.2) is 0 Å². The van der Waals surface area contributed by atoms with Crippen molar-refractivity contribution in [2.75, 3.05) is 50.1 Å². The van der Waals surface area contributed by atoms with E-state index in [1.807, 2.05) is 95.9 Å². The number of nitrogens with zero attached hydrogens (tertiary/aromatic N) is 4. The molecule has 1 fully saturated rings. The molecular formula is C33H31N5O3. The van der Waals surface area contributed by atoms with Gasteiger partial charge in [0.2, 0.25) is 0 Å². The molecule has 0 aliphatic carbocycles. The molecule has 0 atom stereocenters. The Balaban J connectivity index is 1.07. The zero-order valence-corrected chi connectivity index (χ0v) is 22.9. The van der Waals surface area contributed by atoms with Crippen molar-refractivity contribution in [3.8, 4) is 22.8 Å². The van der Waals surface area contributed by atoms with E-state index in [0.29, 0.717) is 24.7 Å². The average Bonchev–Trinajstić information content (AvgIpc) is 3.05. The Morgan fingerprint density at radius 2 is 1.41 bits per heavy atom. The molecule has 1 aliphatic heterocycles. The second-order valence-electron chi connectivity index (χ2n) is 9.81. The minimum Gasteiger partial charge on any atom is -0.497 e. The van der Waals surface area contributed by atoms with Gasteiger partial charge in [-0.3, -0.25) is 4.79 Å². The van der Waals surface area contributed by atoms with Gasteiger partial charge < -0.3 is 24.6 Å². The summed E-state index contributed by atoms with van der Waals surface area (Å²) in [7, 11) is 1.65. The minimum absolute atomic E-state index is 0.00129. The normalized spacial score (nSPS) is 13.2. The van der Waals surface area contributed by atoms with Crippen LogP contribution in [0.25, 0.3) is 22.0 Å². The molecule has 8 nitrogen and oxygen atoms in total. The predicted molar refractivity (Wildman–Crippen MR) is 162 cm³/mol. The Labute approximate surface area is 239 Å². The molecule has 6 rings (SSSR count). The average molecular weight is 546 g/mol. The second-order valence-corrected chi connectivity index (χ2v) is 9.81. The van der Waals surface area contributed by atoms with Gasteiger partial charge in [-0.05, 0) is 60.7 Å². The molecule has 8 heteroatoms. The first-order chi connectivity index (χ1) is 20.2. The third kappa shape index (κ3) is 5.91. The van der Waals surface area contributed by atoms with Crippen LogP contribution in [-0.2, 0) is 4.79 Å². The number of piperazine rings is 1. The van der Waals surface area contributed by atoms with E-state index in [9.17, 15) is 4.79 Å². The lowest BCUT2D eigenvalue weighted by atomic mass is 10.0. The molecule has 0 bridgehead atoms. The number of rotatable bonds is 8. The quantitative estimate of drug-likeness (QED) is 0.265. The maximum atomic E-state index is 12.8. The molecule has 41 heavy (non-hydrogen) atoms. The molecule has 0 unspecified atom stereocenters. The van der Waals surface area contributed by atoms with Crippen LogP contribution in [0.1, 0.15) is 0 Å². The summed E-state index contributed by atoms with van der Waals surface area (Å²) >= 11 is 0. The summed E-state index contributed by atoms with van der Waals surface area (Å²) in [6.45, 7) is 3.02. The fraction of sp³-hybridized carbons (Fsp3) is 0.182. The van der Waals surface area contributed by atoms with Crippen molar-refractivity contribution in [3.05, 3.63) is 103 Å². The van der Waals surface area contributed by atoms with Gasteiger partial charge in [-0.2, -0.15) is 0 Å². The highest BCUT2D eigenvalue weighted by Gasteiger charge is 2.21. The predicted octanol–water partition coefficient (Wildman–Crippen LogP) is 5.78. The third-order valence-corrected chi connectivity index (χ3v) is 7.28. The fourth-order valence-electron chi connectivity index (χ4n) is 5.02. The number of hydrogen-bond donors (Lipinski definition) is 1. The number of para-hydroxylation sites is 1. The molecule has 1 saturated heterocycles. The van der Waals surface area contributed by atoms with Crippen LogP contribution in [0.15, 0.2) is 103 Å². The second kappa shape index (κ2) is 12.0. The summed E-state index contributed by atoms with van der Waals surface area (Å²) < 4.78 is 11.1. The van der Waals surface area contributed by atoms with E-state index in [2.05, 4.69) is 32.5 Å². The Bertz CT molecular complexity index is 1620. The molecule has 206 valence electrons. The SMILES string of the molecule is COc1ccc(-c2nnc(Nc3ccc(OCC(=O)N4CCN(c5ccccc5)CC4)cc3)c3ccccc23)cc1. The lowest BCUT2D eigenvalue weighted by Crippen LogP contribution is -2.50. The number of fused-ring (bicyclic) bond motifs is 1. The van der Waals surface area contributed by atoms with Crippen LogP contribution in [0.3, 0.4) is 0 Å². The van der Waals surface area contributed by atoms with Crippen LogP contribution in [0, 0.1) is 0 Å². The van der Waals surface area contributed by atoms with Gasteiger partial charge in [0.15, 0.2) is 12.4 Å². The Morgan fingerprint density at radius 1 is 0.756 bits per heavy atom. The zero-order chi connectivity index (χ0) is 28.0. The largest absolute Gasteiger partial charge is 0.497 e. The summed E-state index contributed by atoms with van der Waals surface area (Å²) in [5.74, 6) is 2.09. The zero-order valence-electron chi connectivity index (χ0n) is 22.9. The van der Waals surface area contributed by atoms with Gasteiger partial charge in [0.25, 0.3) is 5.91 Å². The van der Waals surface area contributed by atoms with Crippen molar-refractivity contribution in [2.45, 2.75) is 0 Å². The van der Waals surface area contributed by atoms with Gasteiger partial charge in [-0.1, -0.05) is 42.5 Å². The first kappa shape index (κ1) is 26.1. The number of carbonyl (C=O) groups is 1. The van der Waals surface area contributed by atoms with Crippen molar-refractivity contribution >= 4 is 33.9 Å². The molecule has 2 heterocycles. The van der Waals surface area contributed by atoms with E-state index >= 15 is 0 Å². The van der Waals surface area contributed by atoms with Gasteiger partial charge in [0, 0.05) is 53.9 Å². The van der Waals surface area contributed by atoms with Crippen LogP contribution in [-0.4, -0.2) is 60.9 Å². The highest BCUT2D eigenvalue weighted by atomic mass is 16.5. The van der Waals surface area contributed by atoms with Crippen LogP contribution in [0.5, 0.6) is 11.5 Å². The Morgan fingerprint density at radius 3 is 2.12 bits per heavy atom. The van der Waals surface area contributed by atoms with Gasteiger partial charge in [-0.15, -0.1) is 10.2 Å². The van der Waals surface area contributed by atoms with Crippen LogP contribution in [0.2, 0.25) is 0 Å². The number of ether oxygens (including phenoxy) is 2. The van der Waals surface area contributed by atoms with Crippen molar-refractivity contribution in [2.24, 2.45) is 0 Å². The third-order valence-electron chi connectivity index (χ3n) is 7.28. The summed E-state index contributed by atoms with van der Waals surface area (Å²) in [6.07, 6.45) is 0. The Kier molecular flexibility index (Phi) is 7.62. The maximum absolute atomic E-state index is 12.8. The van der Waals surface area contributed by atoms with Gasteiger partial charge in [0.05, 0.1) is 7.11 Å². The summed E-state index contributed by atoms with van der Waals surface area (Å²) in [4.78, 5) is 16.9. The molecule has 1 N–H and O–H groups in total. The topological polar surface area (TPSA) is 79.8 Å². The highest BCUT2D eigenvalue weighted by molar-refractivity contribution is 6.00. The summed E-state index contributed by atoms with van der Waals surface area (Å²) in [5.41, 5.74) is 3.81. The number of benzene rings is 4. The fourth-order valence-corrected chi connectivity index (χ4v) is 5.02. The van der Waals surface area contributed by atoms with Crippen LogP contribution in [0.4, 0.5) is 17.2 Å². The van der Waals surface area contributed by atoms with Crippen LogP contribution >= 0.6 is 0 Å². The van der Waals surface area contributed by atoms with E-state index in [1.165, 1.54) is 5.69 Å². The molecule has 0 saturated carbocycles. The van der Waals surface area contributed by atoms with Gasteiger partial charge in [0.1, 0.15) is 17.2 Å². The first-order valence-electron chi connectivity index (χ1n) is 13.7. The van der Waals surface area contributed by atoms with E-state index < -0.39 is 0 Å². The molecule has 5 aromatic rings. The molecule has 1 amide bonds. The van der Waals surface area contributed by atoms with Gasteiger partial charge >= 0.3 is 0 Å². The van der Waals surface area contributed by atoms with Crippen molar-refractivity contribution < 1.29 is 14.3 Å². The lowest BCUT2D eigenvalue weighted by molar-refractivity contribution is -0.133. The monoisotopic (exact) mass is 545 g/mol. The number of carbonyl (C=O) groups excluding carboxylic acids is 1. The Hall–Kier alpha value is -5.11. The summed E-state index contributed by atoms with van der Waals surface area (Å²) in [6, 6.07) is 33.7. The lowest BCUT2D eigenvalue weighted by Gasteiger charge is -2.36. The number of hydrogen-bond acceptors (Lipinski definition) is 7. The molecule has 4 aromatic carbocycles. The van der Waals surface area contributed by atoms with E-state index in [4.69, 9.17) is 9.47 Å². The first-order valence-corrected chi connectivity index (χ1v) is 13.7. The summed E-state index contributed by atoms with van der Waals surface area (Å²) in [5, 5.41) is 14.4. The molecule has 1 aliphatic rings. The van der Waals surface area contributed by atoms with E-state index in [1.54, 1.807) is 7.11 Å². The van der Waals surface area contributed by atoms with Crippen LogP contribution < -0.4 is 19.7 Å². The molecule has 0 radical (unpaired) electrons. The molecule has 0 spiro atoms. The maximum Gasteiger partial charge on any atom is 0.260 e. The number of anilines is 3. The molecular weight excluding hydrogens is 514 g/mol. The number of nitrogens with one attached hydrogen (secondary N) is 1. The van der Waals surface area contributed by atoms with Crippen molar-refractivity contribution in [3.63, 3.8) is 0 Å². The van der Waals surface area contributed by atoms with Crippen molar-refractivity contribution in [1.29, 1.82) is 0 Å².